The maximum Gasteiger partial charge on any atom is 0.405 e. The molecule has 7 heteroatoms. The first-order valence-corrected chi connectivity index (χ1v) is 4.92. The Kier molecular flexibility index (Phi) is 3.77. The summed E-state index contributed by atoms with van der Waals surface area (Å²) in [6, 6.07) is -0.767. The Bertz CT molecular complexity index is 291. The average Bonchev–Trinajstić information content (AvgIpc) is 2.17. The second-order valence-corrected chi connectivity index (χ2v) is 3.84. The molecule has 0 bridgehead atoms. The largest absolute Gasteiger partial charge is 0.405 e. The molecule has 1 unspecified atom stereocenters. The lowest BCUT2D eigenvalue weighted by molar-refractivity contribution is -0.126. The van der Waals surface area contributed by atoms with Crippen molar-refractivity contribution in [3.63, 3.8) is 0 Å². The predicted molar refractivity (Wildman–Crippen MR) is 49.8 cm³/mol. The second kappa shape index (κ2) is 4.71. The van der Waals surface area contributed by atoms with Crippen molar-refractivity contribution in [1.82, 2.24) is 10.2 Å². The smallest absolute Gasteiger partial charge is 0.329 e. The number of likely N-dealkylation sites (tertiary alicyclic amines) is 1. The number of urea groups is 1. The van der Waals surface area contributed by atoms with Crippen LogP contribution in [0.1, 0.15) is 13.3 Å². The van der Waals surface area contributed by atoms with E-state index in [-0.39, 0.29) is 31.2 Å². The van der Waals surface area contributed by atoms with Crippen molar-refractivity contribution in [2.45, 2.75) is 19.5 Å². The highest BCUT2D eigenvalue weighted by atomic mass is 19.4. The van der Waals surface area contributed by atoms with Crippen molar-refractivity contribution < 1.29 is 22.8 Å². The van der Waals surface area contributed by atoms with Gasteiger partial charge in [-0.15, -0.1) is 0 Å². The molecule has 1 atom stereocenters. The van der Waals surface area contributed by atoms with Crippen LogP contribution in [0.4, 0.5) is 18.0 Å². The molecule has 2 amide bonds. The molecule has 0 aromatic carbocycles. The van der Waals surface area contributed by atoms with E-state index in [4.69, 9.17) is 0 Å². The SMILES string of the molecule is CC1CN(C(=O)NCC(F)(F)F)CCC1=O. The molecule has 0 spiro atoms. The van der Waals surface area contributed by atoms with E-state index in [1.807, 2.05) is 0 Å². The number of alkyl halides is 3. The quantitative estimate of drug-likeness (QED) is 0.745. The van der Waals surface area contributed by atoms with Crippen molar-refractivity contribution >= 4 is 11.8 Å². The Labute approximate surface area is 90.8 Å². The Morgan fingerprint density at radius 1 is 1.56 bits per heavy atom. The first-order valence-electron chi connectivity index (χ1n) is 4.92. The molecule has 1 rings (SSSR count). The van der Waals surface area contributed by atoms with Gasteiger partial charge in [-0.05, 0) is 0 Å². The molecule has 1 N–H and O–H groups in total. The van der Waals surface area contributed by atoms with Crippen LogP contribution in [-0.4, -0.2) is 42.5 Å². The number of halogens is 3. The van der Waals surface area contributed by atoms with Gasteiger partial charge in [-0.3, -0.25) is 4.79 Å². The van der Waals surface area contributed by atoms with Crippen LogP contribution in [0.3, 0.4) is 0 Å². The van der Waals surface area contributed by atoms with E-state index in [2.05, 4.69) is 0 Å². The Morgan fingerprint density at radius 3 is 2.69 bits per heavy atom. The van der Waals surface area contributed by atoms with Crippen molar-refractivity contribution in [2.24, 2.45) is 5.92 Å². The molecule has 0 saturated carbocycles. The van der Waals surface area contributed by atoms with Crippen molar-refractivity contribution in [3.8, 4) is 0 Å². The van der Waals surface area contributed by atoms with Gasteiger partial charge in [0, 0.05) is 25.4 Å². The van der Waals surface area contributed by atoms with Crippen molar-refractivity contribution in [2.75, 3.05) is 19.6 Å². The lowest BCUT2D eigenvalue weighted by atomic mass is 9.99. The van der Waals surface area contributed by atoms with Crippen LogP contribution in [0.2, 0.25) is 0 Å². The van der Waals surface area contributed by atoms with Gasteiger partial charge in [0.2, 0.25) is 0 Å². The Morgan fingerprint density at radius 2 is 2.19 bits per heavy atom. The van der Waals surface area contributed by atoms with E-state index >= 15 is 0 Å². The minimum Gasteiger partial charge on any atom is -0.329 e. The summed E-state index contributed by atoms with van der Waals surface area (Å²) in [5.41, 5.74) is 0. The normalized spacial score (nSPS) is 22.1. The van der Waals surface area contributed by atoms with Gasteiger partial charge < -0.3 is 10.2 Å². The summed E-state index contributed by atoms with van der Waals surface area (Å²) in [5, 5.41) is 1.78. The number of carbonyl (C=O) groups excluding carboxylic acids is 2. The van der Waals surface area contributed by atoms with Crippen LogP contribution >= 0.6 is 0 Å². The van der Waals surface area contributed by atoms with Crippen LogP contribution in [0, 0.1) is 5.92 Å². The number of hydrogen-bond acceptors (Lipinski definition) is 2. The number of amides is 2. The summed E-state index contributed by atoms with van der Waals surface area (Å²) in [5.74, 6) is -0.259. The van der Waals surface area contributed by atoms with Crippen molar-refractivity contribution in [3.05, 3.63) is 0 Å². The van der Waals surface area contributed by atoms with Crippen LogP contribution in [0.5, 0.6) is 0 Å². The van der Waals surface area contributed by atoms with E-state index in [1.165, 1.54) is 4.90 Å². The number of rotatable bonds is 1. The zero-order valence-electron chi connectivity index (χ0n) is 8.80. The molecule has 0 aromatic heterocycles. The average molecular weight is 238 g/mol. The first kappa shape index (κ1) is 12.8. The summed E-state index contributed by atoms with van der Waals surface area (Å²) in [7, 11) is 0. The number of piperidine rings is 1. The molecule has 1 fully saturated rings. The number of carbonyl (C=O) groups is 2. The molecule has 0 aromatic rings. The van der Waals surface area contributed by atoms with Crippen molar-refractivity contribution in [1.29, 1.82) is 0 Å². The molecule has 16 heavy (non-hydrogen) atoms. The molecule has 1 aliphatic rings. The zero-order chi connectivity index (χ0) is 12.3. The van der Waals surface area contributed by atoms with E-state index in [9.17, 15) is 22.8 Å². The van der Waals surface area contributed by atoms with Crippen LogP contribution in [0.25, 0.3) is 0 Å². The van der Waals surface area contributed by atoms with Crippen LogP contribution in [-0.2, 0) is 4.79 Å². The molecule has 0 aliphatic carbocycles. The van der Waals surface area contributed by atoms with Gasteiger partial charge in [-0.1, -0.05) is 6.92 Å². The van der Waals surface area contributed by atoms with Crippen LogP contribution < -0.4 is 5.32 Å². The third-order valence-corrected chi connectivity index (χ3v) is 2.40. The Hall–Kier alpha value is -1.27. The van der Waals surface area contributed by atoms with Gasteiger partial charge in [0.15, 0.2) is 0 Å². The highest BCUT2D eigenvalue weighted by molar-refractivity contribution is 5.84. The minimum atomic E-state index is -4.41. The van der Waals surface area contributed by atoms with Gasteiger partial charge in [0.25, 0.3) is 0 Å². The fraction of sp³-hybridized carbons (Fsp3) is 0.778. The summed E-state index contributed by atoms with van der Waals surface area (Å²) in [4.78, 5) is 23.7. The summed E-state index contributed by atoms with van der Waals surface area (Å²) >= 11 is 0. The summed E-state index contributed by atoms with van der Waals surface area (Å²) in [6.07, 6.45) is -4.20. The third-order valence-electron chi connectivity index (χ3n) is 2.40. The lowest BCUT2D eigenvalue weighted by Crippen LogP contribution is -2.49. The number of nitrogens with zero attached hydrogens (tertiary/aromatic N) is 1. The summed E-state index contributed by atoms with van der Waals surface area (Å²) in [6.45, 7) is 0.686. The number of nitrogens with one attached hydrogen (secondary N) is 1. The minimum absolute atomic E-state index is 0.0415. The molecule has 0 radical (unpaired) electrons. The fourth-order valence-corrected chi connectivity index (χ4v) is 1.49. The maximum atomic E-state index is 11.8. The second-order valence-electron chi connectivity index (χ2n) is 3.84. The third kappa shape index (κ3) is 3.71. The molecule has 4 nitrogen and oxygen atoms in total. The predicted octanol–water partition coefficient (Wildman–Crippen LogP) is 1.17. The van der Waals surface area contributed by atoms with E-state index in [1.54, 1.807) is 12.2 Å². The van der Waals surface area contributed by atoms with Gasteiger partial charge in [-0.2, -0.15) is 13.2 Å². The zero-order valence-corrected chi connectivity index (χ0v) is 8.80. The number of hydrogen-bond donors (Lipinski definition) is 1. The van der Waals surface area contributed by atoms with Gasteiger partial charge >= 0.3 is 12.2 Å². The molecule has 1 aliphatic heterocycles. The molecular formula is C9H13F3N2O2. The maximum absolute atomic E-state index is 11.8. The molecule has 1 saturated heterocycles. The lowest BCUT2D eigenvalue weighted by Gasteiger charge is -2.30. The first-order chi connectivity index (χ1) is 7.29. The molecular weight excluding hydrogens is 225 g/mol. The van der Waals surface area contributed by atoms with Gasteiger partial charge in [0.1, 0.15) is 12.3 Å². The van der Waals surface area contributed by atoms with E-state index in [0.29, 0.717) is 0 Å². The monoisotopic (exact) mass is 238 g/mol. The van der Waals surface area contributed by atoms with E-state index < -0.39 is 18.8 Å². The van der Waals surface area contributed by atoms with Gasteiger partial charge in [0.05, 0.1) is 0 Å². The molecule has 92 valence electrons. The standard InChI is InChI=1S/C9H13F3N2O2/c1-6-4-14(3-2-7(6)15)8(16)13-5-9(10,11)12/h6H,2-5H2,1H3,(H,13,16). The van der Waals surface area contributed by atoms with Gasteiger partial charge in [-0.25, -0.2) is 4.79 Å². The fourth-order valence-electron chi connectivity index (χ4n) is 1.49. The highest BCUT2D eigenvalue weighted by Crippen LogP contribution is 2.14. The van der Waals surface area contributed by atoms with E-state index in [0.717, 1.165) is 0 Å². The molecule has 1 heterocycles. The van der Waals surface area contributed by atoms with Crippen LogP contribution in [0.15, 0.2) is 0 Å². The number of Topliss-reactive ketones (excluding diaryl/α,β-unsaturated/α-hetero) is 1. The number of ketones is 1. The summed E-state index contributed by atoms with van der Waals surface area (Å²) < 4.78 is 35.5. The Balaban J connectivity index is 2.41. The topological polar surface area (TPSA) is 49.4 Å². The highest BCUT2D eigenvalue weighted by Gasteiger charge is 2.31.